The Hall–Kier alpha value is -2.61. The van der Waals surface area contributed by atoms with Gasteiger partial charge < -0.3 is 9.47 Å². The molecule has 0 radical (unpaired) electrons. The average molecular weight is 413 g/mol. The number of hydrogen-bond acceptors (Lipinski definition) is 4. The van der Waals surface area contributed by atoms with Crippen molar-refractivity contribution in [3.05, 3.63) is 71.4 Å². The molecule has 0 bridgehead atoms. The number of rotatable bonds is 6. The Morgan fingerprint density at radius 3 is 2.73 bits per heavy atom. The van der Waals surface area contributed by atoms with Crippen LogP contribution in [0.15, 0.2) is 48.7 Å². The highest BCUT2D eigenvalue weighted by molar-refractivity contribution is 5.66. The van der Waals surface area contributed by atoms with E-state index in [2.05, 4.69) is 10.00 Å². The lowest BCUT2D eigenvalue weighted by atomic mass is 10.0. The number of benzene rings is 2. The summed E-state index contributed by atoms with van der Waals surface area (Å²) in [7, 11) is 2.01. The van der Waals surface area contributed by atoms with Gasteiger partial charge in [-0.3, -0.25) is 4.90 Å². The van der Waals surface area contributed by atoms with Gasteiger partial charge in [0.05, 0.1) is 31.6 Å². The van der Waals surface area contributed by atoms with Crippen LogP contribution in [0, 0.1) is 18.6 Å². The van der Waals surface area contributed by atoms with Crippen LogP contribution in [-0.4, -0.2) is 54.2 Å². The van der Waals surface area contributed by atoms with Gasteiger partial charge in [-0.1, -0.05) is 24.3 Å². The van der Waals surface area contributed by atoms with Crippen LogP contribution in [0.5, 0.6) is 0 Å². The molecule has 0 unspecified atom stereocenters. The van der Waals surface area contributed by atoms with Crippen LogP contribution in [-0.2, 0) is 16.0 Å². The van der Waals surface area contributed by atoms with E-state index in [9.17, 15) is 8.78 Å². The van der Waals surface area contributed by atoms with E-state index in [-0.39, 0.29) is 11.8 Å². The maximum absolute atomic E-state index is 14.4. The van der Waals surface area contributed by atoms with Crippen LogP contribution in [0.2, 0.25) is 0 Å². The second kappa shape index (κ2) is 9.04. The number of nitrogens with zero attached hydrogens (tertiary/aromatic N) is 3. The van der Waals surface area contributed by atoms with Crippen LogP contribution in [0.4, 0.5) is 8.78 Å². The number of ether oxygens (including phenoxy) is 2. The van der Waals surface area contributed by atoms with E-state index in [0.717, 1.165) is 28.5 Å². The van der Waals surface area contributed by atoms with Gasteiger partial charge in [0, 0.05) is 36.5 Å². The fourth-order valence-corrected chi connectivity index (χ4v) is 3.73. The standard InChI is InChI=1S/C23H25F2N3O2/c1-16-5-3-4-6-20(16)23-17(12-27(2)14-19-15-29-9-10-30-19)13-28(26-23)22-8-7-18(24)11-21(22)25/h3-8,11,13,19H,9-10,12,14-15H2,1-2H3/t19-/m1/s1. The third kappa shape index (κ3) is 4.59. The lowest BCUT2D eigenvalue weighted by Gasteiger charge is -2.27. The maximum Gasteiger partial charge on any atom is 0.151 e. The van der Waals surface area contributed by atoms with Crippen LogP contribution < -0.4 is 0 Å². The summed E-state index contributed by atoms with van der Waals surface area (Å²) < 4.78 is 40.5. The summed E-state index contributed by atoms with van der Waals surface area (Å²) in [4.78, 5) is 2.14. The first-order valence-corrected chi connectivity index (χ1v) is 9.99. The molecule has 2 aromatic carbocycles. The molecular weight excluding hydrogens is 388 g/mol. The summed E-state index contributed by atoms with van der Waals surface area (Å²) in [5.41, 5.74) is 4.01. The van der Waals surface area contributed by atoms with Crippen molar-refractivity contribution < 1.29 is 18.3 Å². The van der Waals surface area contributed by atoms with Gasteiger partial charge in [0.1, 0.15) is 11.5 Å². The number of hydrogen-bond donors (Lipinski definition) is 0. The molecule has 1 aliphatic heterocycles. The molecule has 0 N–H and O–H groups in total. The topological polar surface area (TPSA) is 39.5 Å². The maximum atomic E-state index is 14.4. The number of halogens is 2. The molecule has 5 nitrogen and oxygen atoms in total. The molecule has 7 heteroatoms. The summed E-state index contributed by atoms with van der Waals surface area (Å²) in [5, 5.41) is 4.67. The average Bonchev–Trinajstić information content (AvgIpc) is 3.12. The summed E-state index contributed by atoms with van der Waals surface area (Å²) >= 11 is 0. The van der Waals surface area contributed by atoms with Crippen molar-refractivity contribution in [1.29, 1.82) is 0 Å². The van der Waals surface area contributed by atoms with Crippen molar-refractivity contribution in [1.82, 2.24) is 14.7 Å². The van der Waals surface area contributed by atoms with E-state index in [1.807, 2.05) is 44.4 Å². The lowest BCUT2D eigenvalue weighted by Crippen LogP contribution is -2.38. The van der Waals surface area contributed by atoms with Gasteiger partial charge in [-0.2, -0.15) is 5.10 Å². The predicted octanol–water partition coefficient (Wildman–Crippen LogP) is 3.97. The zero-order chi connectivity index (χ0) is 21.1. The predicted molar refractivity (Wildman–Crippen MR) is 111 cm³/mol. The van der Waals surface area contributed by atoms with Crippen molar-refractivity contribution >= 4 is 0 Å². The zero-order valence-corrected chi connectivity index (χ0v) is 17.1. The van der Waals surface area contributed by atoms with E-state index in [4.69, 9.17) is 9.47 Å². The van der Waals surface area contributed by atoms with Crippen LogP contribution in [0.25, 0.3) is 16.9 Å². The van der Waals surface area contributed by atoms with Crippen LogP contribution in [0.3, 0.4) is 0 Å². The molecule has 1 aliphatic rings. The molecule has 1 fully saturated rings. The quantitative estimate of drug-likeness (QED) is 0.613. The van der Waals surface area contributed by atoms with Gasteiger partial charge in [0.15, 0.2) is 5.82 Å². The summed E-state index contributed by atoms with van der Waals surface area (Å²) in [6, 6.07) is 11.5. The van der Waals surface area contributed by atoms with Gasteiger partial charge in [0.25, 0.3) is 0 Å². The Labute approximate surface area is 174 Å². The summed E-state index contributed by atoms with van der Waals surface area (Å²) in [5.74, 6) is -1.27. The van der Waals surface area contributed by atoms with E-state index < -0.39 is 11.6 Å². The van der Waals surface area contributed by atoms with E-state index in [1.54, 1.807) is 0 Å². The van der Waals surface area contributed by atoms with Crippen LogP contribution >= 0.6 is 0 Å². The molecule has 4 rings (SSSR count). The third-order valence-corrected chi connectivity index (χ3v) is 5.19. The summed E-state index contributed by atoms with van der Waals surface area (Å²) in [6.07, 6.45) is 1.84. The van der Waals surface area contributed by atoms with Gasteiger partial charge in [-0.25, -0.2) is 13.5 Å². The Morgan fingerprint density at radius 1 is 1.17 bits per heavy atom. The lowest BCUT2D eigenvalue weighted by molar-refractivity contribution is -0.0962. The zero-order valence-electron chi connectivity index (χ0n) is 17.1. The third-order valence-electron chi connectivity index (χ3n) is 5.19. The minimum atomic E-state index is -0.651. The van der Waals surface area contributed by atoms with Crippen molar-refractivity contribution in [2.75, 3.05) is 33.4 Å². The first-order chi connectivity index (χ1) is 14.5. The minimum absolute atomic E-state index is 0.0234. The highest BCUT2D eigenvalue weighted by atomic mass is 19.1. The molecule has 1 saturated heterocycles. The smallest absolute Gasteiger partial charge is 0.151 e. The van der Waals surface area contributed by atoms with Crippen molar-refractivity contribution in [3.8, 4) is 16.9 Å². The highest BCUT2D eigenvalue weighted by Gasteiger charge is 2.20. The first-order valence-electron chi connectivity index (χ1n) is 9.99. The minimum Gasteiger partial charge on any atom is -0.376 e. The largest absolute Gasteiger partial charge is 0.376 e. The van der Waals surface area contributed by atoms with Gasteiger partial charge >= 0.3 is 0 Å². The molecule has 158 valence electrons. The molecule has 1 aromatic heterocycles. The second-order valence-electron chi connectivity index (χ2n) is 7.62. The Morgan fingerprint density at radius 2 is 2.00 bits per heavy atom. The van der Waals surface area contributed by atoms with Crippen LogP contribution in [0.1, 0.15) is 11.1 Å². The van der Waals surface area contributed by atoms with Crippen molar-refractivity contribution in [2.24, 2.45) is 0 Å². The van der Waals surface area contributed by atoms with E-state index >= 15 is 0 Å². The molecule has 0 saturated carbocycles. The van der Waals surface area contributed by atoms with E-state index in [1.165, 1.54) is 16.8 Å². The van der Waals surface area contributed by atoms with Crippen molar-refractivity contribution in [2.45, 2.75) is 19.6 Å². The SMILES string of the molecule is Cc1ccccc1-c1nn(-c2ccc(F)cc2F)cc1CN(C)C[C@@H]1COCCO1. The highest BCUT2D eigenvalue weighted by Crippen LogP contribution is 2.28. The molecular formula is C23H25F2N3O2. The van der Waals surface area contributed by atoms with E-state index in [0.29, 0.717) is 32.9 Å². The van der Waals surface area contributed by atoms with Crippen molar-refractivity contribution in [3.63, 3.8) is 0 Å². The fourth-order valence-electron chi connectivity index (χ4n) is 3.73. The Bertz CT molecular complexity index is 1020. The Kier molecular flexibility index (Phi) is 6.22. The number of likely N-dealkylation sites (N-methyl/N-ethyl adjacent to an activating group) is 1. The second-order valence-corrected chi connectivity index (χ2v) is 7.62. The molecule has 2 heterocycles. The summed E-state index contributed by atoms with van der Waals surface area (Å²) in [6.45, 7) is 5.15. The normalized spacial score (nSPS) is 16.9. The first kappa shape index (κ1) is 20.7. The Balaban J connectivity index is 1.66. The van der Waals surface area contributed by atoms with Gasteiger partial charge in [0.2, 0.25) is 0 Å². The molecule has 30 heavy (non-hydrogen) atoms. The molecule has 3 aromatic rings. The monoisotopic (exact) mass is 413 g/mol. The molecule has 1 atom stereocenters. The molecule has 0 spiro atoms. The molecule has 0 amide bonds. The number of aromatic nitrogens is 2. The molecule has 0 aliphatic carbocycles. The fraction of sp³-hybridized carbons (Fsp3) is 0.348. The number of aryl methyl sites for hydroxylation is 1. The van der Waals surface area contributed by atoms with Gasteiger partial charge in [-0.05, 0) is 31.7 Å². The van der Waals surface area contributed by atoms with Gasteiger partial charge in [-0.15, -0.1) is 0 Å².